The van der Waals surface area contributed by atoms with Gasteiger partial charge < -0.3 is 5.11 Å². The van der Waals surface area contributed by atoms with Crippen LogP contribution in [0.4, 0.5) is 0 Å². The van der Waals surface area contributed by atoms with Crippen molar-refractivity contribution < 1.29 is 10.2 Å². The summed E-state index contributed by atoms with van der Waals surface area (Å²) in [6.07, 6.45) is 2.98. The SMILES string of the molecule is [O]CCCN1CCC[C@H]1CO. The number of rotatable bonds is 4. The monoisotopic (exact) mass is 158 g/mol. The maximum absolute atomic E-state index is 10.2. The van der Waals surface area contributed by atoms with Gasteiger partial charge in [0.2, 0.25) is 0 Å². The van der Waals surface area contributed by atoms with E-state index in [4.69, 9.17) is 5.11 Å². The highest BCUT2D eigenvalue weighted by atomic mass is 16.3. The van der Waals surface area contributed by atoms with E-state index in [1.807, 2.05) is 0 Å². The fourth-order valence-electron chi connectivity index (χ4n) is 1.66. The predicted octanol–water partition coefficient (Wildman–Crippen LogP) is 0.264. The zero-order chi connectivity index (χ0) is 8.10. The van der Waals surface area contributed by atoms with Gasteiger partial charge in [-0.1, -0.05) is 0 Å². The molecule has 1 rings (SSSR count). The standard InChI is InChI=1S/C8H16NO2/c10-6-2-5-9-4-1-3-8(9)7-11/h8,11H,1-7H2/t8-/m0/s1. The molecule has 1 radical (unpaired) electrons. The normalized spacial score (nSPS) is 26.2. The topological polar surface area (TPSA) is 43.4 Å². The lowest BCUT2D eigenvalue weighted by Gasteiger charge is -2.21. The third kappa shape index (κ3) is 2.43. The van der Waals surface area contributed by atoms with Gasteiger partial charge in [-0.3, -0.25) is 4.90 Å². The molecule has 1 atom stereocenters. The van der Waals surface area contributed by atoms with Crippen molar-refractivity contribution in [3.05, 3.63) is 0 Å². The second-order valence-electron chi connectivity index (χ2n) is 3.07. The van der Waals surface area contributed by atoms with Crippen molar-refractivity contribution in [1.29, 1.82) is 0 Å². The van der Waals surface area contributed by atoms with E-state index in [9.17, 15) is 5.11 Å². The summed E-state index contributed by atoms with van der Waals surface area (Å²) >= 11 is 0. The number of nitrogens with zero attached hydrogens (tertiary/aromatic N) is 1. The molecule has 1 fully saturated rings. The molecular weight excluding hydrogens is 142 g/mol. The largest absolute Gasteiger partial charge is 0.395 e. The van der Waals surface area contributed by atoms with E-state index < -0.39 is 0 Å². The summed E-state index contributed by atoms with van der Waals surface area (Å²) in [5.41, 5.74) is 0. The summed E-state index contributed by atoms with van der Waals surface area (Å²) in [7, 11) is 0. The zero-order valence-electron chi connectivity index (χ0n) is 6.83. The molecule has 0 aromatic rings. The summed E-state index contributed by atoms with van der Waals surface area (Å²) in [6, 6.07) is 0.335. The molecule has 0 aromatic carbocycles. The lowest BCUT2D eigenvalue weighted by molar-refractivity contribution is 0.132. The number of aliphatic hydroxyl groups excluding tert-OH is 1. The van der Waals surface area contributed by atoms with Gasteiger partial charge in [0.25, 0.3) is 0 Å². The smallest absolute Gasteiger partial charge is 0.0834 e. The Bertz CT molecular complexity index is 108. The van der Waals surface area contributed by atoms with E-state index in [2.05, 4.69) is 4.90 Å². The predicted molar refractivity (Wildman–Crippen MR) is 41.9 cm³/mol. The quantitative estimate of drug-likeness (QED) is 0.638. The lowest BCUT2D eigenvalue weighted by atomic mass is 10.2. The average Bonchev–Trinajstić information content (AvgIpc) is 2.47. The minimum Gasteiger partial charge on any atom is -0.395 e. The van der Waals surface area contributed by atoms with Gasteiger partial charge in [-0.05, 0) is 25.8 Å². The summed E-state index contributed by atoms with van der Waals surface area (Å²) < 4.78 is 0. The first-order valence-corrected chi connectivity index (χ1v) is 4.31. The van der Waals surface area contributed by atoms with E-state index >= 15 is 0 Å². The van der Waals surface area contributed by atoms with E-state index in [1.54, 1.807) is 0 Å². The Hall–Kier alpha value is -0.120. The maximum Gasteiger partial charge on any atom is 0.0834 e. The summed E-state index contributed by atoms with van der Waals surface area (Å²) in [5, 5.41) is 19.1. The molecule has 0 amide bonds. The lowest BCUT2D eigenvalue weighted by Crippen LogP contribution is -2.33. The molecule has 0 spiro atoms. The van der Waals surface area contributed by atoms with Crippen LogP contribution >= 0.6 is 0 Å². The Labute approximate surface area is 67.6 Å². The molecule has 0 aromatic heterocycles. The maximum atomic E-state index is 10.2. The van der Waals surface area contributed by atoms with E-state index in [-0.39, 0.29) is 13.2 Å². The first-order chi connectivity index (χ1) is 5.38. The van der Waals surface area contributed by atoms with Gasteiger partial charge >= 0.3 is 0 Å². The van der Waals surface area contributed by atoms with Crippen LogP contribution < -0.4 is 0 Å². The van der Waals surface area contributed by atoms with Crippen LogP contribution in [-0.2, 0) is 5.11 Å². The molecule has 1 N–H and O–H groups in total. The molecule has 1 aliphatic rings. The van der Waals surface area contributed by atoms with Crippen LogP contribution in [0.2, 0.25) is 0 Å². The summed E-state index contributed by atoms with van der Waals surface area (Å²) in [6.45, 7) is 2.19. The van der Waals surface area contributed by atoms with Crippen LogP contribution in [0.3, 0.4) is 0 Å². The van der Waals surface area contributed by atoms with E-state index in [1.165, 1.54) is 6.42 Å². The number of aliphatic hydroxyl groups is 1. The van der Waals surface area contributed by atoms with Crippen LogP contribution in [0.1, 0.15) is 19.3 Å². The van der Waals surface area contributed by atoms with E-state index in [0.29, 0.717) is 6.04 Å². The molecule has 11 heavy (non-hydrogen) atoms. The molecule has 1 aliphatic heterocycles. The van der Waals surface area contributed by atoms with Gasteiger partial charge in [-0.2, -0.15) is 0 Å². The Morgan fingerprint density at radius 3 is 3.00 bits per heavy atom. The zero-order valence-corrected chi connectivity index (χ0v) is 6.83. The van der Waals surface area contributed by atoms with Gasteiger partial charge in [0.05, 0.1) is 13.2 Å². The van der Waals surface area contributed by atoms with Gasteiger partial charge in [0.1, 0.15) is 0 Å². The van der Waals surface area contributed by atoms with Crippen molar-refractivity contribution in [2.24, 2.45) is 0 Å². The molecule has 0 aliphatic carbocycles. The summed E-state index contributed by atoms with van der Waals surface area (Å²) in [4.78, 5) is 2.22. The minimum atomic E-state index is 0.00858. The molecular formula is C8H16NO2. The van der Waals surface area contributed by atoms with Crippen molar-refractivity contribution in [3.8, 4) is 0 Å². The number of hydrogen-bond acceptors (Lipinski definition) is 2. The Kier molecular flexibility index (Phi) is 3.83. The minimum absolute atomic E-state index is 0.00858. The second-order valence-corrected chi connectivity index (χ2v) is 3.07. The summed E-state index contributed by atoms with van der Waals surface area (Å²) in [5.74, 6) is 0. The first-order valence-electron chi connectivity index (χ1n) is 4.31. The van der Waals surface area contributed by atoms with Crippen LogP contribution in [-0.4, -0.2) is 42.4 Å². The van der Waals surface area contributed by atoms with Crippen molar-refractivity contribution >= 4 is 0 Å². The van der Waals surface area contributed by atoms with Crippen LogP contribution in [0, 0.1) is 0 Å². The highest BCUT2D eigenvalue weighted by molar-refractivity contribution is 4.77. The fourth-order valence-corrected chi connectivity index (χ4v) is 1.66. The second kappa shape index (κ2) is 4.70. The van der Waals surface area contributed by atoms with Crippen LogP contribution in [0.25, 0.3) is 0 Å². The molecule has 1 saturated heterocycles. The van der Waals surface area contributed by atoms with Gasteiger partial charge in [0.15, 0.2) is 0 Å². The van der Waals surface area contributed by atoms with Crippen molar-refractivity contribution in [1.82, 2.24) is 4.90 Å². The molecule has 3 nitrogen and oxygen atoms in total. The molecule has 0 unspecified atom stereocenters. The van der Waals surface area contributed by atoms with Crippen molar-refractivity contribution in [3.63, 3.8) is 0 Å². The molecule has 65 valence electrons. The number of likely N-dealkylation sites (tertiary alicyclic amines) is 1. The Morgan fingerprint density at radius 2 is 2.36 bits per heavy atom. The van der Waals surface area contributed by atoms with Crippen LogP contribution in [0.5, 0.6) is 0 Å². The van der Waals surface area contributed by atoms with Crippen molar-refractivity contribution in [2.45, 2.75) is 25.3 Å². The van der Waals surface area contributed by atoms with Crippen LogP contribution in [0.15, 0.2) is 0 Å². The highest BCUT2D eigenvalue weighted by Gasteiger charge is 2.22. The Morgan fingerprint density at radius 1 is 1.55 bits per heavy atom. The van der Waals surface area contributed by atoms with Gasteiger partial charge in [-0.25, -0.2) is 5.11 Å². The molecule has 0 saturated carbocycles. The Balaban J connectivity index is 2.20. The first kappa shape index (κ1) is 8.97. The van der Waals surface area contributed by atoms with Gasteiger partial charge in [-0.15, -0.1) is 0 Å². The molecule has 1 heterocycles. The average molecular weight is 158 g/mol. The third-order valence-corrected chi connectivity index (χ3v) is 2.30. The van der Waals surface area contributed by atoms with Crippen molar-refractivity contribution in [2.75, 3.05) is 26.3 Å². The van der Waals surface area contributed by atoms with Gasteiger partial charge in [0, 0.05) is 12.6 Å². The highest BCUT2D eigenvalue weighted by Crippen LogP contribution is 2.16. The molecule has 3 heteroatoms. The fraction of sp³-hybridized carbons (Fsp3) is 1.00. The number of hydrogen-bond donors (Lipinski definition) is 1. The molecule has 0 bridgehead atoms. The van der Waals surface area contributed by atoms with E-state index in [0.717, 1.165) is 25.9 Å². The third-order valence-electron chi connectivity index (χ3n) is 2.30.